The Hall–Kier alpha value is -2.89. The minimum Gasteiger partial charge on any atom is -0.497 e. The van der Waals surface area contributed by atoms with Crippen molar-refractivity contribution in [2.24, 2.45) is 0 Å². The molecule has 0 aliphatic carbocycles. The summed E-state index contributed by atoms with van der Waals surface area (Å²) in [6.45, 7) is 2.90. The Balaban J connectivity index is 1.54. The van der Waals surface area contributed by atoms with Gasteiger partial charge >= 0.3 is 0 Å². The van der Waals surface area contributed by atoms with Gasteiger partial charge in [-0.15, -0.1) is 5.10 Å². The van der Waals surface area contributed by atoms with E-state index >= 15 is 0 Å². The SMILES string of the molecule is COc1ccc(/C=C/C(=O)N2CCN(c3cccnn3)CC2)cc1. The summed E-state index contributed by atoms with van der Waals surface area (Å²) in [5.74, 6) is 1.70. The van der Waals surface area contributed by atoms with Crippen molar-refractivity contribution in [2.75, 3.05) is 38.2 Å². The number of piperazine rings is 1. The van der Waals surface area contributed by atoms with Crippen LogP contribution in [0.2, 0.25) is 0 Å². The summed E-state index contributed by atoms with van der Waals surface area (Å²) in [4.78, 5) is 16.3. The predicted molar refractivity (Wildman–Crippen MR) is 92.9 cm³/mol. The minimum absolute atomic E-state index is 0.0320. The van der Waals surface area contributed by atoms with E-state index in [0.29, 0.717) is 13.1 Å². The van der Waals surface area contributed by atoms with Crippen LogP contribution in [0, 0.1) is 0 Å². The number of aromatic nitrogens is 2. The number of hydrogen-bond acceptors (Lipinski definition) is 5. The van der Waals surface area contributed by atoms with Crippen LogP contribution in [-0.4, -0.2) is 54.3 Å². The maximum Gasteiger partial charge on any atom is 0.246 e. The highest BCUT2D eigenvalue weighted by Gasteiger charge is 2.20. The zero-order valence-electron chi connectivity index (χ0n) is 13.6. The van der Waals surface area contributed by atoms with Crippen molar-refractivity contribution >= 4 is 17.8 Å². The van der Waals surface area contributed by atoms with E-state index in [1.165, 1.54) is 0 Å². The number of amides is 1. The maximum atomic E-state index is 12.3. The Bertz CT molecular complexity index is 693. The number of nitrogens with zero attached hydrogens (tertiary/aromatic N) is 4. The van der Waals surface area contributed by atoms with E-state index in [1.807, 2.05) is 47.4 Å². The Kier molecular flexibility index (Phi) is 5.05. The third-order valence-electron chi connectivity index (χ3n) is 4.01. The Morgan fingerprint density at radius 1 is 1.12 bits per heavy atom. The molecule has 124 valence electrons. The van der Waals surface area contributed by atoms with E-state index in [4.69, 9.17) is 4.74 Å². The Morgan fingerprint density at radius 3 is 2.50 bits per heavy atom. The first kappa shape index (κ1) is 16.0. The monoisotopic (exact) mass is 324 g/mol. The number of benzene rings is 1. The molecule has 6 heteroatoms. The number of ether oxygens (including phenoxy) is 1. The van der Waals surface area contributed by atoms with Crippen LogP contribution in [0.1, 0.15) is 5.56 Å². The highest BCUT2D eigenvalue weighted by Crippen LogP contribution is 2.14. The third kappa shape index (κ3) is 3.90. The molecule has 1 fully saturated rings. The average Bonchev–Trinajstić information content (AvgIpc) is 2.67. The van der Waals surface area contributed by atoms with Crippen molar-refractivity contribution in [3.05, 3.63) is 54.2 Å². The van der Waals surface area contributed by atoms with E-state index in [9.17, 15) is 4.79 Å². The van der Waals surface area contributed by atoms with E-state index in [0.717, 1.165) is 30.2 Å². The van der Waals surface area contributed by atoms with Crippen LogP contribution in [0.5, 0.6) is 5.75 Å². The van der Waals surface area contributed by atoms with Gasteiger partial charge in [0.25, 0.3) is 0 Å². The second-order valence-electron chi connectivity index (χ2n) is 5.50. The third-order valence-corrected chi connectivity index (χ3v) is 4.01. The van der Waals surface area contributed by atoms with Crippen LogP contribution < -0.4 is 9.64 Å². The van der Waals surface area contributed by atoms with Gasteiger partial charge in [0.1, 0.15) is 5.75 Å². The molecule has 1 aliphatic heterocycles. The second-order valence-corrected chi connectivity index (χ2v) is 5.50. The molecule has 2 aromatic rings. The van der Waals surface area contributed by atoms with Crippen LogP contribution >= 0.6 is 0 Å². The first-order valence-electron chi connectivity index (χ1n) is 7.90. The van der Waals surface area contributed by atoms with Crippen LogP contribution in [-0.2, 0) is 4.79 Å². The lowest BCUT2D eigenvalue weighted by Crippen LogP contribution is -2.48. The predicted octanol–water partition coefficient (Wildman–Crippen LogP) is 1.85. The molecule has 0 spiro atoms. The largest absolute Gasteiger partial charge is 0.497 e. The maximum absolute atomic E-state index is 12.3. The molecule has 24 heavy (non-hydrogen) atoms. The molecule has 0 unspecified atom stereocenters. The van der Waals surface area contributed by atoms with E-state index in [1.54, 1.807) is 19.4 Å². The van der Waals surface area contributed by atoms with Gasteiger partial charge in [0.05, 0.1) is 7.11 Å². The normalized spacial score (nSPS) is 14.9. The molecule has 0 atom stereocenters. The number of carbonyl (C=O) groups excluding carboxylic acids is 1. The topological polar surface area (TPSA) is 58.6 Å². The quantitative estimate of drug-likeness (QED) is 0.803. The molecule has 0 bridgehead atoms. The lowest BCUT2D eigenvalue weighted by atomic mass is 10.2. The highest BCUT2D eigenvalue weighted by molar-refractivity contribution is 5.92. The number of carbonyl (C=O) groups is 1. The fourth-order valence-corrected chi connectivity index (χ4v) is 2.61. The van der Waals surface area contributed by atoms with Gasteiger partial charge in [-0.3, -0.25) is 4.79 Å². The number of rotatable bonds is 4. The second kappa shape index (κ2) is 7.59. The number of methoxy groups -OCH3 is 1. The van der Waals surface area contributed by atoms with Gasteiger partial charge in [0.2, 0.25) is 5.91 Å². The fourth-order valence-electron chi connectivity index (χ4n) is 2.61. The van der Waals surface area contributed by atoms with Gasteiger partial charge in [-0.1, -0.05) is 12.1 Å². The van der Waals surface area contributed by atoms with Gasteiger partial charge in [0, 0.05) is 38.5 Å². The van der Waals surface area contributed by atoms with Crippen LogP contribution in [0.15, 0.2) is 48.7 Å². The van der Waals surface area contributed by atoms with Crippen molar-refractivity contribution in [3.63, 3.8) is 0 Å². The lowest BCUT2D eigenvalue weighted by molar-refractivity contribution is -0.126. The van der Waals surface area contributed by atoms with E-state index in [2.05, 4.69) is 15.1 Å². The summed E-state index contributed by atoms with van der Waals surface area (Å²) in [5.41, 5.74) is 0.974. The first-order valence-corrected chi connectivity index (χ1v) is 7.90. The molecular weight excluding hydrogens is 304 g/mol. The summed E-state index contributed by atoms with van der Waals surface area (Å²) in [6.07, 6.45) is 5.11. The molecule has 6 nitrogen and oxygen atoms in total. The zero-order valence-corrected chi connectivity index (χ0v) is 13.6. The van der Waals surface area contributed by atoms with E-state index < -0.39 is 0 Å². The van der Waals surface area contributed by atoms with Gasteiger partial charge in [-0.05, 0) is 35.9 Å². The molecule has 0 radical (unpaired) electrons. The Morgan fingerprint density at radius 2 is 1.88 bits per heavy atom. The van der Waals surface area contributed by atoms with Crippen molar-refractivity contribution in [1.29, 1.82) is 0 Å². The van der Waals surface area contributed by atoms with Crippen molar-refractivity contribution < 1.29 is 9.53 Å². The summed E-state index contributed by atoms with van der Waals surface area (Å²) >= 11 is 0. The van der Waals surface area contributed by atoms with Gasteiger partial charge in [-0.2, -0.15) is 5.10 Å². The summed E-state index contributed by atoms with van der Waals surface area (Å²) in [6, 6.07) is 11.4. The highest BCUT2D eigenvalue weighted by atomic mass is 16.5. The van der Waals surface area contributed by atoms with E-state index in [-0.39, 0.29) is 5.91 Å². The zero-order chi connectivity index (χ0) is 16.8. The minimum atomic E-state index is 0.0320. The molecule has 1 aromatic heterocycles. The summed E-state index contributed by atoms with van der Waals surface area (Å²) < 4.78 is 5.12. The van der Waals surface area contributed by atoms with Crippen LogP contribution in [0.25, 0.3) is 6.08 Å². The average molecular weight is 324 g/mol. The first-order chi connectivity index (χ1) is 11.8. The molecule has 3 rings (SSSR count). The molecule has 0 N–H and O–H groups in total. The molecule has 2 heterocycles. The van der Waals surface area contributed by atoms with Gasteiger partial charge in [-0.25, -0.2) is 0 Å². The molecule has 1 aromatic carbocycles. The molecule has 1 saturated heterocycles. The molecule has 1 aliphatic rings. The smallest absolute Gasteiger partial charge is 0.246 e. The molecular formula is C18H20N4O2. The van der Waals surface area contributed by atoms with Crippen molar-refractivity contribution in [1.82, 2.24) is 15.1 Å². The Labute approximate surface area is 141 Å². The number of anilines is 1. The summed E-state index contributed by atoms with van der Waals surface area (Å²) in [5, 5.41) is 8.01. The standard InChI is InChI=1S/C18H20N4O2/c1-24-16-7-4-15(5-8-16)6-9-18(23)22-13-11-21(12-14-22)17-3-2-10-19-20-17/h2-10H,11-14H2,1H3/b9-6+. The number of hydrogen-bond donors (Lipinski definition) is 0. The van der Waals surface area contributed by atoms with Crippen LogP contribution in [0.4, 0.5) is 5.82 Å². The fraction of sp³-hybridized carbons (Fsp3) is 0.278. The molecule has 0 saturated carbocycles. The van der Waals surface area contributed by atoms with Gasteiger partial charge in [0.15, 0.2) is 5.82 Å². The molecule has 1 amide bonds. The van der Waals surface area contributed by atoms with Crippen molar-refractivity contribution in [2.45, 2.75) is 0 Å². The van der Waals surface area contributed by atoms with Gasteiger partial charge < -0.3 is 14.5 Å². The lowest BCUT2D eigenvalue weighted by Gasteiger charge is -2.34. The van der Waals surface area contributed by atoms with Crippen molar-refractivity contribution in [3.8, 4) is 5.75 Å². The van der Waals surface area contributed by atoms with Crippen LogP contribution in [0.3, 0.4) is 0 Å². The summed E-state index contributed by atoms with van der Waals surface area (Å²) in [7, 11) is 1.63.